The molecule has 1 saturated carbocycles. The molecule has 0 aromatic rings. The van der Waals surface area contributed by atoms with Gasteiger partial charge in [-0.25, -0.2) is 0 Å². The van der Waals surface area contributed by atoms with E-state index in [4.69, 9.17) is 4.74 Å². The second-order valence-corrected chi connectivity index (χ2v) is 7.31. The maximum absolute atomic E-state index is 6.01. The Kier molecular flexibility index (Phi) is 7.48. The Morgan fingerprint density at radius 2 is 1.90 bits per heavy atom. The molecule has 1 atom stereocenters. The lowest BCUT2D eigenvalue weighted by Gasteiger charge is -2.41. The zero-order chi connectivity index (χ0) is 15.0. The van der Waals surface area contributed by atoms with Crippen LogP contribution in [0.4, 0.5) is 0 Å². The molecule has 21 heavy (non-hydrogen) atoms. The van der Waals surface area contributed by atoms with Gasteiger partial charge >= 0.3 is 0 Å². The van der Waals surface area contributed by atoms with Crippen LogP contribution in [0.3, 0.4) is 0 Å². The molecule has 0 aromatic heterocycles. The van der Waals surface area contributed by atoms with Crippen LogP contribution in [-0.4, -0.2) is 50.8 Å². The summed E-state index contributed by atoms with van der Waals surface area (Å²) in [6.07, 6.45) is 12.7. The SMILES string of the molecule is CCCOC1CCCN(CC2(CNC)CCCCCC2)C1. The number of hydrogen-bond donors (Lipinski definition) is 1. The fourth-order valence-electron chi connectivity index (χ4n) is 4.30. The van der Waals surface area contributed by atoms with E-state index in [0.717, 1.165) is 19.6 Å². The number of ether oxygens (including phenoxy) is 1. The first-order valence-electron chi connectivity index (χ1n) is 9.26. The summed E-state index contributed by atoms with van der Waals surface area (Å²) in [4.78, 5) is 2.70. The van der Waals surface area contributed by atoms with Gasteiger partial charge in [0.1, 0.15) is 0 Å². The maximum Gasteiger partial charge on any atom is 0.0702 e. The van der Waals surface area contributed by atoms with Crippen molar-refractivity contribution >= 4 is 0 Å². The van der Waals surface area contributed by atoms with E-state index in [1.165, 1.54) is 71.0 Å². The van der Waals surface area contributed by atoms with Crippen LogP contribution in [-0.2, 0) is 4.74 Å². The van der Waals surface area contributed by atoms with E-state index >= 15 is 0 Å². The third-order valence-corrected chi connectivity index (χ3v) is 5.29. The van der Waals surface area contributed by atoms with Crippen LogP contribution in [0.2, 0.25) is 0 Å². The monoisotopic (exact) mass is 296 g/mol. The molecule has 2 rings (SSSR count). The standard InChI is InChI=1S/C18H36N2O/c1-3-13-21-17-9-8-12-20(14-17)16-18(15-19-2)10-6-4-5-7-11-18/h17,19H,3-16H2,1-2H3. The molecule has 0 bridgehead atoms. The van der Waals surface area contributed by atoms with Gasteiger partial charge in [0.15, 0.2) is 0 Å². The van der Waals surface area contributed by atoms with Gasteiger partial charge in [0.25, 0.3) is 0 Å². The van der Waals surface area contributed by atoms with Crippen LogP contribution in [0.25, 0.3) is 0 Å². The van der Waals surface area contributed by atoms with Crippen molar-refractivity contribution in [1.29, 1.82) is 0 Å². The van der Waals surface area contributed by atoms with Crippen LogP contribution in [0.15, 0.2) is 0 Å². The van der Waals surface area contributed by atoms with E-state index in [1.807, 2.05) is 0 Å². The topological polar surface area (TPSA) is 24.5 Å². The third-order valence-electron chi connectivity index (χ3n) is 5.29. The van der Waals surface area contributed by atoms with E-state index in [9.17, 15) is 0 Å². The average molecular weight is 296 g/mol. The van der Waals surface area contributed by atoms with Crippen LogP contribution < -0.4 is 5.32 Å². The summed E-state index contributed by atoms with van der Waals surface area (Å²) in [7, 11) is 2.12. The largest absolute Gasteiger partial charge is 0.377 e. The van der Waals surface area contributed by atoms with Gasteiger partial charge in [0.05, 0.1) is 6.10 Å². The lowest BCUT2D eigenvalue weighted by atomic mass is 9.79. The highest BCUT2D eigenvalue weighted by atomic mass is 16.5. The molecule has 3 nitrogen and oxygen atoms in total. The van der Waals surface area contributed by atoms with Crippen molar-refractivity contribution in [3.05, 3.63) is 0 Å². The van der Waals surface area contributed by atoms with Gasteiger partial charge in [-0.1, -0.05) is 32.6 Å². The van der Waals surface area contributed by atoms with Gasteiger partial charge in [0.2, 0.25) is 0 Å². The summed E-state index contributed by atoms with van der Waals surface area (Å²) >= 11 is 0. The predicted molar refractivity (Wildman–Crippen MR) is 89.8 cm³/mol. The molecule has 2 aliphatic rings. The molecule has 1 N–H and O–H groups in total. The number of piperidine rings is 1. The number of rotatable bonds is 7. The van der Waals surface area contributed by atoms with Crippen molar-refractivity contribution in [3.8, 4) is 0 Å². The fraction of sp³-hybridized carbons (Fsp3) is 1.00. The molecular formula is C18H36N2O. The van der Waals surface area contributed by atoms with E-state index in [2.05, 4.69) is 24.2 Å². The first-order chi connectivity index (χ1) is 10.3. The molecule has 0 spiro atoms. The maximum atomic E-state index is 6.01. The molecule has 0 aromatic carbocycles. The normalized spacial score (nSPS) is 27.4. The molecule has 1 unspecified atom stereocenters. The average Bonchev–Trinajstić information content (AvgIpc) is 2.72. The van der Waals surface area contributed by atoms with Crippen molar-refractivity contribution in [3.63, 3.8) is 0 Å². The lowest BCUT2D eigenvalue weighted by Crippen LogP contribution is -2.48. The summed E-state index contributed by atoms with van der Waals surface area (Å²) in [6.45, 7) is 8.03. The highest BCUT2D eigenvalue weighted by molar-refractivity contribution is 4.88. The molecule has 1 saturated heterocycles. The van der Waals surface area contributed by atoms with Crippen LogP contribution in [0.5, 0.6) is 0 Å². The summed E-state index contributed by atoms with van der Waals surface area (Å²) in [5.74, 6) is 0. The van der Waals surface area contributed by atoms with Crippen LogP contribution in [0, 0.1) is 5.41 Å². The van der Waals surface area contributed by atoms with Crippen molar-refractivity contribution in [2.75, 3.05) is 39.8 Å². The van der Waals surface area contributed by atoms with Gasteiger partial charge in [-0.3, -0.25) is 0 Å². The minimum Gasteiger partial charge on any atom is -0.377 e. The van der Waals surface area contributed by atoms with E-state index in [-0.39, 0.29) is 0 Å². The van der Waals surface area contributed by atoms with Crippen molar-refractivity contribution in [2.45, 2.75) is 70.8 Å². The summed E-state index contributed by atoms with van der Waals surface area (Å²) in [5, 5.41) is 3.48. The van der Waals surface area contributed by atoms with Gasteiger partial charge in [-0.15, -0.1) is 0 Å². The Morgan fingerprint density at radius 1 is 1.14 bits per heavy atom. The minimum atomic E-state index is 0.483. The first-order valence-corrected chi connectivity index (χ1v) is 9.26. The predicted octanol–water partition coefficient (Wildman–Crippen LogP) is 3.44. The molecule has 3 heteroatoms. The Balaban J connectivity index is 1.89. The number of nitrogens with zero attached hydrogens (tertiary/aromatic N) is 1. The van der Waals surface area contributed by atoms with Crippen LogP contribution in [0.1, 0.15) is 64.7 Å². The zero-order valence-electron chi connectivity index (χ0n) is 14.3. The van der Waals surface area contributed by atoms with Crippen molar-refractivity contribution < 1.29 is 4.74 Å². The number of hydrogen-bond acceptors (Lipinski definition) is 3. The molecule has 1 aliphatic carbocycles. The van der Waals surface area contributed by atoms with Crippen LogP contribution >= 0.6 is 0 Å². The zero-order valence-corrected chi connectivity index (χ0v) is 14.3. The van der Waals surface area contributed by atoms with Gasteiger partial charge < -0.3 is 15.0 Å². The van der Waals surface area contributed by atoms with Crippen molar-refractivity contribution in [2.24, 2.45) is 5.41 Å². The minimum absolute atomic E-state index is 0.483. The second kappa shape index (κ2) is 9.12. The lowest BCUT2D eigenvalue weighted by molar-refractivity contribution is -0.0135. The molecule has 1 aliphatic heterocycles. The first kappa shape index (κ1) is 17.2. The van der Waals surface area contributed by atoms with Crippen molar-refractivity contribution in [1.82, 2.24) is 10.2 Å². The smallest absolute Gasteiger partial charge is 0.0702 e. The van der Waals surface area contributed by atoms with E-state index in [1.54, 1.807) is 0 Å². The Bertz CT molecular complexity index is 274. The molecule has 2 fully saturated rings. The fourth-order valence-corrected chi connectivity index (χ4v) is 4.30. The Morgan fingerprint density at radius 3 is 2.57 bits per heavy atom. The van der Waals surface area contributed by atoms with E-state index in [0.29, 0.717) is 11.5 Å². The highest BCUT2D eigenvalue weighted by Gasteiger charge is 2.34. The highest BCUT2D eigenvalue weighted by Crippen LogP contribution is 2.36. The number of likely N-dealkylation sites (tertiary alicyclic amines) is 1. The summed E-state index contributed by atoms with van der Waals surface area (Å²) in [6, 6.07) is 0. The molecule has 0 amide bonds. The van der Waals surface area contributed by atoms with E-state index < -0.39 is 0 Å². The van der Waals surface area contributed by atoms with Gasteiger partial charge in [-0.2, -0.15) is 0 Å². The number of nitrogens with one attached hydrogen (secondary N) is 1. The Labute approximate surface area is 131 Å². The third kappa shape index (κ3) is 5.54. The summed E-state index contributed by atoms with van der Waals surface area (Å²) in [5.41, 5.74) is 0.512. The molecule has 124 valence electrons. The van der Waals surface area contributed by atoms with Gasteiger partial charge in [-0.05, 0) is 51.1 Å². The van der Waals surface area contributed by atoms with Gasteiger partial charge in [0, 0.05) is 26.2 Å². The second-order valence-electron chi connectivity index (χ2n) is 7.31. The Hall–Kier alpha value is -0.120. The quantitative estimate of drug-likeness (QED) is 0.728. The molecular weight excluding hydrogens is 260 g/mol. The molecule has 1 heterocycles. The summed E-state index contributed by atoms with van der Waals surface area (Å²) < 4.78 is 6.01. The molecule has 0 radical (unpaired) electrons.